The maximum absolute atomic E-state index is 13.1. The zero-order valence-electron chi connectivity index (χ0n) is 16.9. The van der Waals surface area contributed by atoms with Gasteiger partial charge in [0.05, 0.1) is 0 Å². The molecule has 28 heavy (non-hydrogen) atoms. The van der Waals surface area contributed by atoms with Crippen LogP contribution in [0.15, 0.2) is 24.3 Å². The topological polar surface area (TPSA) is 84.0 Å². The molecule has 152 valence electrons. The van der Waals surface area contributed by atoms with Crippen molar-refractivity contribution in [3.63, 3.8) is 0 Å². The zero-order valence-corrected chi connectivity index (χ0v) is 17.7. The van der Waals surface area contributed by atoms with E-state index in [2.05, 4.69) is 20.8 Å². The Morgan fingerprint density at radius 2 is 1.82 bits per heavy atom. The van der Waals surface area contributed by atoms with Crippen molar-refractivity contribution >= 4 is 28.3 Å². The minimum Gasteiger partial charge on any atom is -0.344 e. The van der Waals surface area contributed by atoms with Gasteiger partial charge >= 0.3 is 0 Å². The van der Waals surface area contributed by atoms with Crippen LogP contribution < -0.4 is 10.6 Å². The molecule has 0 saturated heterocycles. The molecular formula is C20H27FN4O2S. The van der Waals surface area contributed by atoms with E-state index in [1.54, 1.807) is 12.1 Å². The maximum atomic E-state index is 13.1. The van der Waals surface area contributed by atoms with Gasteiger partial charge in [-0.2, -0.15) is 0 Å². The number of aromatic nitrogens is 2. The van der Waals surface area contributed by atoms with E-state index in [1.807, 2.05) is 34.6 Å². The number of hydrogen-bond acceptors (Lipinski definition) is 5. The molecule has 0 saturated carbocycles. The van der Waals surface area contributed by atoms with Crippen molar-refractivity contribution in [1.29, 1.82) is 0 Å². The molecule has 8 heteroatoms. The highest BCUT2D eigenvalue weighted by atomic mass is 32.1. The summed E-state index contributed by atoms with van der Waals surface area (Å²) in [5, 5.41) is 14.5. The Balaban J connectivity index is 2.08. The number of halogens is 1. The first-order valence-corrected chi connectivity index (χ1v) is 10.1. The summed E-state index contributed by atoms with van der Waals surface area (Å²) >= 11 is 1.20. The average Bonchev–Trinajstić information content (AvgIpc) is 3.06. The molecular weight excluding hydrogens is 379 g/mol. The van der Waals surface area contributed by atoms with Crippen molar-refractivity contribution in [3.05, 3.63) is 30.1 Å². The van der Waals surface area contributed by atoms with Gasteiger partial charge in [-0.3, -0.25) is 14.9 Å². The first-order valence-electron chi connectivity index (χ1n) is 9.28. The molecule has 1 aromatic heterocycles. The van der Waals surface area contributed by atoms with Crippen LogP contribution in [0.3, 0.4) is 0 Å². The van der Waals surface area contributed by atoms with Crippen LogP contribution in [0.1, 0.15) is 47.5 Å². The van der Waals surface area contributed by atoms with Crippen molar-refractivity contribution in [1.82, 2.24) is 15.5 Å². The Morgan fingerprint density at radius 1 is 1.18 bits per heavy atom. The van der Waals surface area contributed by atoms with Gasteiger partial charge in [0.15, 0.2) is 0 Å². The van der Waals surface area contributed by atoms with Crippen molar-refractivity contribution in [3.8, 4) is 10.6 Å². The van der Waals surface area contributed by atoms with E-state index in [0.717, 1.165) is 12.0 Å². The van der Waals surface area contributed by atoms with E-state index in [1.165, 1.54) is 23.5 Å². The van der Waals surface area contributed by atoms with Crippen molar-refractivity contribution in [2.45, 2.75) is 53.5 Å². The number of nitrogens with one attached hydrogen (secondary N) is 2. The van der Waals surface area contributed by atoms with Crippen LogP contribution in [0.5, 0.6) is 0 Å². The number of rotatable bonds is 7. The van der Waals surface area contributed by atoms with Crippen LogP contribution in [0.4, 0.5) is 9.52 Å². The fourth-order valence-corrected chi connectivity index (χ4v) is 3.33. The Morgan fingerprint density at radius 3 is 2.39 bits per heavy atom. The molecule has 0 radical (unpaired) electrons. The smallest absolute Gasteiger partial charge is 0.249 e. The molecule has 0 aliphatic rings. The molecule has 2 N–H and O–H groups in total. The van der Waals surface area contributed by atoms with E-state index in [-0.39, 0.29) is 29.0 Å². The summed E-state index contributed by atoms with van der Waals surface area (Å²) in [5.41, 5.74) is 0.556. The molecule has 2 atom stereocenters. The van der Waals surface area contributed by atoms with Gasteiger partial charge in [-0.15, -0.1) is 10.2 Å². The SMILES string of the molecule is CCC(C)C(NC(=O)CC(C)(C)C)C(=O)Nc1nnc(-c2ccc(F)cc2)s1. The summed E-state index contributed by atoms with van der Waals surface area (Å²) in [5.74, 6) is -0.840. The lowest BCUT2D eigenvalue weighted by molar-refractivity contribution is -0.128. The minimum atomic E-state index is -0.655. The average molecular weight is 407 g/mol. The highest BCUT2D eigenvalue weighted by Crippen LogP contribution is 2.27. The number of nitrogens with zero attached hydrogens (tertiary/aromatic N) is 2. The normalized spacial score (nSPS) is 13.6. The maximum Gasteiger partial charge on any atom is 0.249 e. The van der Waals surface area contributed by atoms with Gasteiger partial charge in [-0.05, 0) is 35.6 Å². The molecule has 2 rings (SSSR count). The second kappa shape index (κ2) is 9.23. The Labute approximate surface area is 169 Å². The molecule has 2 unspecified atom stereocenters. The standard InChI is InChI=1S/C20H27FN4O2S/c1-6-12(2)16(22-15(26)11-20(3,4)5)17(27)23-19-25-24-18(28-19)13-7-9-14(21)10-8-13/h7-10,12,16H,6,11H2,1-5H3,(H,22,26)(H,23,25,27). The van der Waals surface area contributed by atoms with Gasteiger partial charge in [0.2, 0.25) is 16.9 Å². The molecule has 0 aliphatic carbocycles. The number of anilines is 1. The molecule has 2 aromatic rings. The third kappa shape index (κ3) is 6.37. The molecule has 2 amide bonds. The van der Waals surface area contributed by atoms with Gasteiger partial charge in [0.25, 0.3) is 0 Å². The molecule has 0 aliphatic heterocycles. The van der Waals surface area contributed by atoms with E-state index < -0.39 is 6.04 Å². The van der Waals surface area contributed by atoms with Crippen LogP contribution in [0.25, 0.3) is 10.6 Å². The lowest BCUT2D eigenvalue weighted by Crippen LogP contribution is -2.48. The van der Waals surface area contributed by atoms with Crippen LogP contribution in [0, 0.1) is 17.2 Å². The highest BCUT2D eigenvalue weighted by molar-refractivity contribution is 7.18. The number of hydrogen-bond donors (Lipinski definition) is 2. The quantitative estimate of drug-likeness (QED) is 0.720. The third-order valence-electron chi connectivity index (χ3n) is 4.25. The van der Waals surface area contributed by atoms with Gasteiger partial charge in [-0.25, -0.2) is 4.39 Å². The minimum absolute atomic E-state index is 0.0339. The summed E-state index contributed by atoms with van der Waals surface area (Å²) in [7, 11) is 0. The molecule has 0 spiro atoms. The van der Waals surface area contributed by atoms with E-state index in [0.29, 0.717) is 16.6 Å². The molecule has 6 nitrogen and oxygen atoms in total. The monoisotopic (exact) mass is 406 g/mol. The molecule has 0 bridgehead atoms. The fourth-order valence-electron chi connectivity index (χ4n) is 2.57. The van der Waals surface area contributed by atoms with Gasteiger partial charge < -0.3 is 5.32 Å². The number of carbonyl (C=O) groups excluding carboxylic acids is 2. The number of carbonyl (C=O) groups is 2. The fraction of sp³-hybridized carbons (Fsp3) is 0.500. The van der Waals surface area contributed by atoms with Crippen LogP contribution in [0.2, 0.25) is 0 Å². The van der Waals surface area contributed by atoms with Crippen molar-refractivity contribution in [2.75, 3.05) is 5.32 Å². The van der Waals surface area contributed by atoms with Crippen LogP contribution >= 0.6 is 11.3 Å². The first kappa shape index (κ1) is 21.9. The number of amides is 2. The first-order chi connectivity index (χ1) is 13.1. The van der Waals surface area contributed by atoms with Crippen molar-refractivity contribution < 1.29 is 14.0 Å². The largest absolute Gasteiger partial charge is 0.344 e. The highest BCUT2D eigenvalue weighted by Gasteiger charge is 2.28. The second-order valence-corrected chi connectivity index (χ2v) is 9.05. The molecule has 1 heterocycles. The zero-order chi connectivity index (χ0) is 20.9. The predicted molar refractivity (Wildman–Crippen MR) is 109 cm³/mol. The van der Waals surface area contributed by atoms with E-state index >= 15 is 0 Å². The van der Waals surface area contributed by atoms with E-state index in [4.69, 9.17) is 0 Å². The van der Waals surface area contributed by atoms with Crippen molar-refractivity contribution in [2.24, 2.45) is 11.3 Å². The van der Waals surface area contributed by atoms with Gasteiger partial charge in [0, 0.05) is 12.0 Å². The summed E-state index contributed by atoms with van der Waals surface area (Å²) in [4.78, 5) is 25.1. The Bertz CT molecular complexity index is 814. The number of benzene rings is 1. The summed E-state index contributed by atoms with van der Waals surface area (Å²) in [6.07, 6.45) is 1.07. The second-order valence-electron chi connectivity index (χ2n) is 8.08. The lowest BCUT2D eigenvalue weighted by atomic mass is 9.91. The molecule has 0 fully saturated rings. The summed E-state index contributed by atoms with van der Waals surface area (Å²) < 4.78 is 13.1. The van der Waals surface area contributed by atoms with Gasteiger partial charge in [-0.1, -0.05) is 52.4 Å². The third-order valence-corrected chi connectivity index (χ3v) is 5.14. The Hall–Kier alpha value is -2.35. The summed E-state index contributed by atoms with van der Waals surface area (Å²) in [6, 6.07) is 5.25. The lowest BCUT2D eigenvalue weighted by Gasteiger charge is -2.25. The molecule has 1 aromatic carbocycles. The van der Waals surface area contributed by atoms with E-state index in [9.17, 15) is 14.0 Å². The summed E-state index contributed by atoms with van der Waals surface area (Å²) in [6.45, 7) is 9.82. The van der Waals surface area contributed by atoms with Gasteiger partial charge in [0.1, 0.15) is 16.9 Å². The van der Waals surface area contributed by atoms with Crippen LogP contribution in [-0.4, -0.2) is 28.1 Å². The Kier molecular flexibility index (Phi) is 7.23. The van der Waals surface area contributed by atoms with Crippen LogP contribution in [-0.2, 0) is 9.59 Å². The predicted octanol–water partition coefficient (Wildman–Crippen LogP) is 4.25.